The van der Waals surface area contributed by atoms with Gasteiger partial charge in [-0.2, -0.15) is 0 Å². The molecule has 0 saturated carbocycles. The van der Waals surface area contributed by atoms with Crippen LogP contribution in [0.2, 0.25) is 0 Å². The minimum Gasteiger partial charge on any atom is -0.468 e. The molecule has 2 unspecified atom stereocenters. The Morgan fingerprint density at radius 2 is 2.42 bits per heavy atom. The second kappa shape index (κ2) is 8.82. The molecule has 0 aliphatic carbocycles. The van der Waals surface area contributed by atoms with Gasteiger partial charge in [0.1, 0.15) is 5.76 Å². The van der Waals surface area contributed by atoms with Crippen LogP contribution in [0.15, 0.2) is 34.3 Å². The monoisotopic (exact) mass is 283 g/mol. The van der Waals surface area contributed by atoms with Crippen LogP contribution in [-0.2, 0) is 10.5 Å². The van der Waals surface area contributed by atoms with E-state index in [1.54, 1.807) is 11.7 Å². The summed E-state index contributed by atoms with van der Waals surface area (Å²) in [7, 11) is 0. The molecule has 1 amide bonds. The molecule has 2 N–H and O–H groups in total. The van der Waals surface area contributed by atoms with Crippen molar-refractivity contribution in [1.82, 2.24) is 5.32 Å². The third-order valence-corrected chi connectivity index (χ3v) is 3.69. The summed E-state index contributed by atoms with van der Waals surface area (Å²) < 4.78 is 5.17. The van der Waals surface area contributed by atoms with E-state index in [1.807, 2.05) is 26.0 Å². The Morgan fingerprint density at radius 3 is 3.05 bits per heavy atom. The average Bonchev–Trinajstić information content (AvgIpc) is 2.93. The zero-order valence-corrected chi connectivity index (χ0v) is 12.2. The number of hydrogen-bond acceptors (Lipinski definition) is 4. The van der Waals surface area contributed by atoms with E-state index < -0.39 is 6.10 Å². The Morgan fingerprint density at radius 1 is 1.63 bits per heavy atom. The van der Waals surface area contributed by atoms with Crippen molar-refractivity contribution in [3.63, 3.8) is 0 Å². The molecule has 1 rings (SSSR count). The van der Waals surface area contributed by atoms with Gasteiger partial charge in [-0.25, -0.2) is 0 Å². The highest BCUT2D eigenvalue weighted by Crippen LogP contribution is 2.13. The molecule has 0 radical (unpaired) electrons. The first-order chi connectivity index (χ1) is 9.13. The largest absolute Gasteiger partial charge is 0.468 e. The van der Waals surface area contributed by atoms with Crippen LogP contribution in [0, 0.1) is 5.92 Å². The number of furan rings is 1. The Labute approximate surface area is 118 Å². The molecule has 0 aliphatic heterocycles. The van der Waals surface area contributed by atoms with Gasteiger partial charge in [0.2, 0.25) is 5.91 Å². The number of hydrogen-bond donors (Lipinski definition) is 2. The van der Waals surface area contributed by atoms with Gasteiger partial charge in [-0.3, -0.25) is 4.79 Å². The molecule has 0 aromatic carbocycles. The predicted molar refractivity (Wildman–Crippen MR) is 77.6 cm³/mol. The summed E-state index contributed by atoms with van der Waals surface area (Å²) >= 11 is 1.49. The molecule has 1 aromatic rings. The van der Waals surface area contributed by atoms with E-state index in [4.69, 9.17) is 4.42 Å². The normalized spacial score (nSPS) is 14.5. The van der Waals surface area contributed by atoms with Gasteiger partial charge in [-0.05, 0) is 23.5 Å². The zero-order valence-electron chi connectivity index (χ0n) is 11.3. The maximum Gasteiger partial charge on any atom is 0.244 e. The quantitative estimate of drug-likeness (QED) is 0.720. The second-order valence-electron chi connectivity index (χ2n) is 4.39. The Kier molecular flexibility index (Phi) is 7.36. The molecule has 19 heavy (non-hydrogen) atoms. The topological polar surface area (TPSA) is 62.5 Å². The predicted octanol–water partition coefficient (Wildman–Crippen LogP) is 2.55. The van der Waals surface area contributed by atoms with E-state index in [1.165, 1.54) is 17.8 Å². The summed E-state index contributed by atoms with van der Waals surface area (Å²) in [6, 6.07) is 3.73. The molecule has 0 aliphatic rings. The van der Waals surface area contributed by atoms with E-state index >= 15 is 0 Å². The van der Waals surface area contributed by atoms with Crippen LogP contribution in [0.4, 0.5) is 0 Å². The van der Waals surface area contributed by atoms with Crippen molar-refractivity contribution in [2.45, 2.75) is 32.1 Å². The van der Waals surface area contributed by atoms with Gasteiger partial charge in [0.15, 0.2) is 0 Å². The number of nitrogens with one attached hydrogen (secondary N) is 1. The van der Waals surface area contributed by atoms with E-state index in [0.717, 1.165) is 12.2 Å². The summed E-state index contributed by atoms with van der Waals surface area (Å²) in [5.74, 6) is 1.58. The molecule has 0 spiro atoms. The third kappa shape index (κ3) is 6.50. The van der Waals surface area contributed by atoms with Crippen molar-refractivity contribution in [2.24, 2.45) is 5.92 Å². The summed E-state index contributed by atoms with van der Waals surface area (Å²) in [6.07, 6.45) is 3.50. The van der Waals surface area contributed by atoms with Crippen LogP contribution in [0.5, 0.6) is 0 Å². The fraction of sp³-hybridized carbons (Fsp3) is 0.500. The van der Waals surface area contributed by atoms with Crippen molar-refractivity contribution in [3.05, 3.63) is 35.6 Å². The molecule has 106 valence electrons. The highest BCUT2D eigenvalue weighted by atomic mass is 32.2. The number of carbonyl (C=O) groups excluding carboxylic acids is 1. The van der Waals surface area contributed by atoms with Crippen molar-refractivity contribution in [1.29, 1.82) is 0 Å². The molecule has 5 heteroatoms. The van der Waals surface area contributed by atoms with Gasteiger partial charge >= 0.3 is 0 Å². The molecule has 0 fully saturated rings. The van der Waals surface area contributed by atoms with Crippen LogP contribution in [0.1, 0.15) is 26.0 Å². The van der Waals surface area contributed by atoms with Crippen LogP contribution in [0.3, 0.4) is 0 Å². The molecule has 2 atom stereocenters. The lowest BCUT2D eigenvalue weighted by Gasteiger charge is -2.16. The number of amides is 1. The zero-order chi connectivity index (χ0) is 14.1. The van der Waals surface area contributed by atoms with E-state index in [9.17, 15) is 9.90 Å². The molecule has 0 bridgehead atoms. The van der Waals surface area contributed by atoms with Crippen molar-refractivity contribution >= 4 is 17.7 Å². The van der Waals surface area contributed by atoms with Crippen LogP contribution < -0.4 is 5.32 Å². The van der Waals surface area contributed by atoms with Crippen LogP contribution in [0.25, 0.3) is 0 Å². The van der Waals surface area contributed by atoms with Crippen molar-refractivity contribution in [3.8, 4) is 0 Å². The van der Waals surface area contributed by atoms with E-state index in [-0.39, 0.29) is 11.8 Å². The average molecular weight is 283 g/mol. The first-order valence-electron chi connectivity index (χ1n) is 6.40. The molecular formula is C14H21NO3S. The van der Waals surface area contributed by atoms with Gasteiger partial charge in [0.25, 0.3) is 0 Å². The van der Waals surface area contributed by atoms with Gasteiger partial charge in [0.05, 0.1) is 18.1 Å². The number of thioether (sulfide) groups is 1. The van der Waals surface area contributed by atoms with Crippen molar-refractivity contribution in [2.75, 3.05) is 6.54 Å². The van der Waals surface area contributed by atoms with Crippen LogP contribution in [-0.4, -0.2) is 23.7 Å². The number of aliphatic hydroxyl groups is 1. The fourth-order valence-corrected chi connectivity index (χ4v) is 2.02. The molecule has 0 saturated heterocycles. The summed E-state index contributed by atoms with van der Waals surface area (Å²) in [5, 5.41) is 14.1. The highest BCUT2D eigenvalue weighted by Gasteiger charge is 2.12. The Balaban J connectivity index is 2.16. The number of aliphatic hydroxyl groups excluding tert-OH is 1. The molecule has 1 aromatic heterocycles. The lowest BCUT2D eigenvalue weighted by Crippen LogP contribution is -2.34. The minimum atomic E-state index is -0.488. The summed E-state index contributed by atoms with van der Waals surface area (Å²) in [6.45, 7) is 4.27. The van der Waals surface area contributed by atoms with Gasteiger partial charge in [-0.1, -0.05) is 20.3 Å². The first-order valence-corrected chi connectivity index (χ1v) is 7.44. The second-order valence-corrected chi connectivity index (χ2v) is 5.29. The standard InChI is InChI=1S/C14H21NO3S/c1-3-11(2)13(16)9-15-14(17)6-8-19-10-12-5-4-7-18-12/h4-8,11,13,16H,3,9-10H2,1-2H3,(H,15,17)/b8-6+. The van der Waals surface area contributed by atoms with Gasteiger partial charge in [-0.15, -0.1) is 11.8 Å². The van der Waals surface area contributed by atoms with Gasteiger partial charge in [0, 0.05) is 12.6 Å². The minimum absolute atomic E-state index is 0.186. The SMILES string of the molecule is CCC(C)C(O)CNC(=O)/C=C/SCc1ccco1. The smallest absolute Gasteiger partial charge is 0.244 e. The summed E-state index contributed by atoms with van der Waals surface area (Å²) in [4.78, 5) is 11.5. The Hall–Kier alpha value is -1.20. The van der Waals surface area contributed by atoms with E-state index in [2.05, 4.69) is 5.32 Å². The Bertz CT molecular complexity index is 389. The molecule has 1 heterocycles. The van der Waals surface area contributed by atoms with E-state index in [0.29, 0.717) is 12.3 Å². The first kappa shape index (κ1) is 15.9. The lowest BCUT2D eigenvalue weighted by atomic mass is 10.0. The maximum absolute atomic E-state index is 11.5. The maximum atomic E-state index is 11.5. The van der Waals surface area contributed by atoms with Crippen LogP contribution >= 0.6 is 11.8 Å². The van der Waals surface area contributed by atoms with Gasteiger partial charge < -0.3 is 14.8 Å². The number of carbonyl (C=O) groups is 1. The third-order valence-electron chi connectivity index (χ3n) is 2.91. The lowest BCUT2D eigenvalue weighted by molar-refractivity contribution is -0.117. The summed E-state index contributed by atoms with van der Waals surface area (Å²) in [5.41, 5.74) is 0. The fourth-order valence-electron chi connectivity index (χ4n) is 1.37. The highest BCUT2D eigenvalue weighted by molar-refractivity contribution is 8.01. The molecule has 4 nitrogen and oxygen atoms in total. The van der Waals surface area contributed by atoms with Crippen molar-refractivity contribution < 1.29 is 14.3 Å². The molecular weight excluding hydrogens is 262 g/mol. The number of rotatable bonds is 8.